The van der Waals surface area contributed by atoms with E-state index in [0.717, 1.165) is 16.2 Å². The highest BCUT2D eigenvalue weighted by atomic mass is 19.1. The van der Waals surface area contributed by atoms with Crippen LogP contribution in [0.4, 0.5) is 14.9 Å². The predicted molar refractivity (Wildman–Crippen MR) is 115 cm³/mol. The quantitative estimate of drug-likeness (QED) is 0.646. The molecule has 160 valence electrons. The number of benzene rings is 1. The van der Waals surface area contributed by atoms with Gasteiger partial charge in [-0.1, -0.05) is 12.1 Å². The Kier molecular flexibility index (Phi) is 6.92. The number of aryl methyl sites for hydroxylation is 1. The van der Waals surface area contributed by atoms with Crippen LogP contribution in [0.15, 0.2) is 54.9 Å². The Labute approximate surface area is 179 Å². The molecular weight excluding hydrogens is 399 g/mol. The minimum absolute atomic E-state index is 0.101. The SMILES string of the molecule is CCOC(=O)N(C)c1ccc(-c2ccc(C(=O)NCc3ccc(C)nc3)cn2)cc1F. The Hall–Kier alpha value is -3.81. The topological polar surface area (TPSA) is 84.4 Å². The number of pyridine rings is 2. The lowest BCUT2D eigenvalue weighted by Gasteiger charge is -2.17. The number of carbonyl (C=O) groups is 2. The van der Waals surface area contributed by atoms with Crippen molar-refractivity contribution in [3.63, 3.8) is 0 Å². The van der Waals surface area contributed by atoms with Crippen LogP contribution in [0.3, 0.4) is 0 Å². The average Bonchev–Trinajstić information content (AvgIpc) is 2.78. The van der Waals surface area contributed by atoms with Crippen molar-refractivity contribution in [3.05, 3.63) is 77.5 Å². The first-order valence-electron chi connectivity index (χ1n) is 9.75. The maximum atomic E-state index is 14.5. The summed E-state index contributed by atoms with van der Waals surface area (Å²) in [5.74, 6) is -0.847. The van der Waals surface area contributed by atoms with Crippen molar-refractivity contribution in [1.29, 1.82) is 0 Å². The van der Waals surface area contributed by atoms with Gasteiger partial charge in [-0.05, 0) is 49.7 Å². The Morgan fingerprint density at radius 2 is 1.90 bits per heavy atom. The van der Waals surface area contributed by atoms with E-state index in [-0.39, 0.29) is 18.2 Å². The molecule has 3 aromatic rings. The van der Waals surface area contributed by atoms with E-state index in [1.165, 1.54) is 25.4 Å². The summed E-state index contributed by atoms with van der Waals surface area (Å²) >= 11 is 0. The van der Waals surface area contributed by atoms with Crippen molar-refractivity contribution in [2.24, 2.45) is 0 Å². The van der Waals surface area contributed by atoms with Gasteiger partial charge < -0.3 is 10.1 Å². The number of hydrogen-bond acceptors (Lipinski definition) is 5. The van der Waals surface area contributed by atoms with Gasteiger partial charge in [0.1, 0.15) is 5.82 Å². The van der Waals surface area contributed by atoms with Gasteiger partial charge in [-0.25, -0.2) is 9.18 Å². The molecule has 0 radical (unpaired) electrons. The summed E-state index contributed by atoms with van der Waals surface area (Å²) in [6.07, 6.45) is 2.52. The zero-order valence-corrected chi connectivity index (χ0v) is 17.6. The molecular formula is C23H23FN4O3. The lowest BCUT2D eigenvalue weighted by Crippen LogP contribution is -2.27. The molecule has 0 bridgehead atoms. The van der Waals surface area contributed by atoms with Crippen molar-refractivity contribution in [3.8, 4) is 11.3 Å². The van der Waals surface area contributed by atoms with Crippen molar-refractivity contribution >= 4 is 17.7 Å². The van der Waals surface area contributed by atoms with Crippen LogP contribution in [0.2, 0.25) is 0 Å². The molecule has 0 saturated heterocycles. The van der Waals surface area contributed by atoms with E-state index >= 15 is 0 Å². The number of halogens is 1. The van der Waals surface area contributed by atoms with Gasteiger partial charge >= 0.3 is 6.09 Å². The highest BCUT2D eigenvalue weighted by Crippen LogP contribution is 2.25. The Balaban J connectivity index is 1.67. The predicted octanol–water partition coefficient (Wildman–Crippen LogP) is 4.11. The summed E-state index contributed by atoms with van der Waals surface area (Å²) in [5, 5.41) is 2.82. The Morgan fingerprint density at radius 3 is 2.52 bits per heavy atom. The van der Waals surface area contributed by atoms with Crippen LogP contribution in [0.25, 0.3) is 11.3 Å². The number of nitrogens with zero attached hydrogens (tertiary/aromatic N) is 3. The standard InChI is InChI=1S/C23H23FN4O3/c1-4-31-23(30)28(3)21-10-8-17(11-19(21)24)20-9-7-18(14-26-20)22(29)27-13-16-6-5-15(2)25-12-16/h5-12,14H,4,13H2,1-3H3,(H,27,29). The van der Waals surface area contributed by atoms with Gasteiger partial charge in [0.25, 0.3) is 5.91 Å². The van der Waals surface area contributed by atoms with Gasteiger partial charge in [-0.3, -0.25) is 19.7 Å². The molecule has 0 atom stereocenters. The number of aromatic nitrogens is 2. The van der Waals surface area contributed by atoms with Crippen LogP contribution in [0, 0.1) is 12.7 Å². The van der Waals surface area contributed by atoms with Crippen molar-refractivity contribution < 1.29 is 18.7 Å². The molecule has 0 unspecified atom stereocenters. The van der Waals surface area contributed by atoms with E-state index < -0.39 is 11.9 Å². The zero-order chi connectivity index (χ0) is 22.4. The van der Waals surface area contributed by atoms with Crippen LogP contribution in [0.1, 0.15) is 28.5 Å². The minimum Gasteiger partial charge on any atom is -0.449 e. The van der Waals surface area contributed by atoms with Crippen molar-refractivity contribution in [1.82, 2.24) is 15.3 Å². The summed E-state index contributed by atoms with van der Waals surface area (Å²) in [7, 11) is 1.44. The van der Waals surface area contributed by atoms with Crippen LogP contribution < -0.4 is 10.2 Å². The average molecular weight is 422 g/mol. The second-order valence-corrected chi connectivity index (χ2v) is 6.85. The number of ether oxygens (including phenoxy) is 1. The lowest BCUT2D eigenvalue weighted by molar-refractivity contribution is 0.0950. The van der Waals surface area contributed by atoms with Crippen LogP contribution in [-0.4, -0.2) is 35.6 Å². The first-order valence-corrected chi connectivity index (χ1v) is 9.75. The smallest absolute Gasteiger partial charge is 0.414 e. The number of hydrogen-bond donors (Lipinski definition) is 1. The molecule has 0 aliphatic carbocycles. The highest BCUT2D eigenvalue weighted by Gasteiger charge is 2.17. The fourth-order valence-electron chi connectivity index (χ4n) is 2.84. The number of carbonyl (C=O) groups excluding carboxylic acids is 2. The monoisotopic (exact) mass is 422 g/mol. The van der Waals surface area contributed by atoms with Gasteiger partial charge in [0.2, 0.25) is 0 Å². The molecule has 2 aromatic heterocycles. The third-order valence-corrected chi connectivity index (χ3v) is 4.60. The van der Waals surface area contributed by atoms with Crippen molar-refractivity contribution in [2.45, 2.75) is 20.4 Å². The molecule has 3 rings (SSSR count). The summed E-state index contributed by atoms with van der Waals surface area (Å²) in [5.41, 5.74) is 3.32. The summed E-state index contributed by atoms with van der Waals surface area (Å²) in [4.78, 5) is 33.7. The third-order valence-electron chi connectivity index (χ3n) is 4.60. The fraction of sp³-hybridized carbons (Fsp3) is 0.217. The van der Waals surface area contributed by atoms with Gasteiger partial charge in [-0.15, -0.1) is 0 Å². The number of amides is 2. The Bertz CT molecular complexity index is 1070. The van der Waals surface area contributed by atoms with E-state index in [4.69, 9.17) is 4.74 Å². The molecule has 0 spiro atoms. The number of nitrogens with one attached hydrogen (secondary N) is 1. The lowest BCUT2D eigenvalue weighted by atomic mass is 10.1. The summed E-state index contributed by atoms with van der Waals surface area (Å²) < 4.78 is 19.4. The zero-order valence-electron chi connectivity index (χ0n) is 17.6. The van der Waals surface area contributed by atoms with E-state index in [9.17, 15) is 14.0 Å². The molecule has 0 saturated carbocycles. The van der Waals surface area contributed by atoms with Crippen molar-refractivity contribution in [2.75, 3.05) is 18.6 Å². The molecule has 0 aliphatic heterocycles. The van der Waals surface area contributed by atoms with Gasteiger partial charge in [0, 0.05) is 37.2 Å². The molecule has 2 heterocycles. The molecule has 1 aromatic carbocycles. The van der Waals surface area contributed by atoms with Gasteiger partial charge in [0.05, 0.1) is 23.6 Å². The van der Waals surface area contributed by atoms with E-state index in [2.05, 4.69) is 15.3 Å². The summed E-state index contributed by atoms with van der Waals surface area (Å²) in [6.45, 7) is 4.14. The number of anilines is 1. The third kappa shape index (κ3) is 5.42. The van der Waals surface area contributed by atoms with Gasteiger partial charge in [0.15, 0.2) is 0 Å². The second kappa shape index (κ2) is 9.80. The van der Waals surface area contributed by atoms with Crippen LogP contribution in [0.5, 0.6) is 0 Å². The fourth-order valence-corrected chi connectivity index (χ4v) is 2.84. The molecule has 0 aliphatic rings. The molecule has 2 amide bonds. The largest absolute Gasteiger partial charge is 0.449 e. The minimum atomic E-state index is -0.635. The molecule has 8 heteroatoms. The highest BCUT2D eigenvalue weighted by molar-refractivity contribution is 5.94. The van der Waals surface area contributed by atoms with Crippen LogP contribution >= 0.6 is 0 Å². The van der Waals surface area contributed by atoms with E-state index in [0.29, 0.717) is 23.4 Å². The molecule has 7 nitrogen and oxygen atoms in total. The van der Waals surface area contributed by atoms with Gasteiger partial charge in [-0.2, -0.15) is 0 Å². The Morgan fingerprint density at radius 1 is 1.10 bits per heavy atom. The molecule has 1 N–H and O–H groups in total. The normalized spacial score (nSPS) is 10.5. The number of rotatable bonds is 6. The second-order valence-electron chi connectivity index (χ2n) is 6.85. The first kappa shape index (κ1) is 21.9. The molecule has 0 fully saturated rings. The first-order chi connectivity index (χ1) is 14.9. The maximum Gasteiger partial charge on any atom is 0.414 e. The summed E-state index contributed by atoms with van der Waals surface area (Å²) in [6, 6.07) is 11.5. The molecule has 31 heavy (non-hydrogen) atoms. The van der Waals surface area contributed by atoms with Crippen LogP contribution in [-0.2, 0) is 11.3 Å². The van der Waals surface area contributed by atoms with E-state index in [1.807, 2.05) is 19.1 Å². The maximum absolute atomic E-state index is 14.5. The van der Waals surface area contributed by atoms with E-state index in [1.54, 1.807) is 31.3 Å².